The van der Waals surface area contributed by atoms with Crippen LogP contribution in [0.2, 0.25) is 0 Å². The Balaban J connectivity index is 1.65. The third-order valence-corrected chi connectivity index (χ3v) is 3.54. The second kappa shape index (κ2) is 4.12. The van der Waals surface area contributed by atoms with Crippen molar-refractivity contribution in [1.82, 2.24) is 24.8 Å². The van der Waals surface area contributed by atoms with Crippen LogP contribution in [0, 0.1) is 0 Å². The van der Waals surface area contributed by atoms with Crippen LogP contribution in [0.3, 0.4) is 0 Å². The van der Waals surface area contributed by atoms with Gasteiger partial charge in [-0.25, -0.2) is 15.0 Å². The van der Waals surface area contributed by atoms with Gasteiger partial charge in [-0.2, -0.15) is 0 Å². The summed E-state index contributed by atoms with van der Waals surface area (Å²) in [4.78, 5) is 29.7. The first-order valence-electron chi connectivity index (χ1n) is 6.31. The molecular weight excluding hydrogens is 254 g/mol. The molecule has 20 heavy (non-hydrogen) atoms. The molecule has 0 radical (unpaired) electrons. The van der Waals surface area contributed by atoms with Crippen molar-refractivity contribution in [2.24, 2.45) is 0 Å². The van der Waals surface area contributed by atoms with Crippen LogP contribution in [-0.2, 0) is 13.1 Å². The Kier molecular flexibility index (Phi) is 2.29. The van der Waals surface area contributed by atoms with Crippen molar-refractivity contribution >= 4 is 16.9 Å². The highest BCUT2D eigenvalue weighted by Crippen LogP contribution is 2.22. The number of hydrogen-bond acceptors (Lipinski definition) is 4. The first kappa shape index (κ1) is 11.1. The van der Waals surface area contributed by atoms with Gasteiger partial charge in [-0.15, -0.1) is 0 Å². The molecule has 1 aliphatic heterocycles. The Labute approximate surface area is 114 Å². The minimum absolute atomic E-state index is 0.000463. The number of rotatable bonds is 1. The molecule has 0 bridgehead atoms. The maximum absolute atomic E-state index is 12.5. The SMILES string of the molecule is O=C(c1ccc2nc[nH]c2c1)N1Cc2cncnc2C1. The van der Waals surface area contributed by atoms with Gasteiger partial charge in [0.25, 0.3) is 5.91 Å². The van der Waals surface area contributed by atoms with E-state index in [1.807, 2.05) is 12.1 Å². The summed E-state index contributed by atoms with van der Waals surface area (Å²) >= 11 is 0. The molecule has 1 N–H and O–H groups in total. The van der Waals surface area contributed by atoms with E-state index >= 15 is 0 Å². The number of hydrogen-bond donors (Lipinski definition) is 1. The van der Waals surface area contributed by atoms with Crippen molar-refractivity contribution in [1.29, 1.82) is 0 Å². The quantitative estimate of drug-likeness (QED) is 0.723. The van der Waals surface area contributed by atoms with Crippen molar-refractivity contribution < 1.29 is 4.79 Å². The van der Waals surface area contributed by atoms with Gasteiger partial charge in [-0.05, 0) is 18.2 Å². The topological polar surface area (TPSA) is 74.8 Å². The zero-order chi connectivity index (χ0) is 13.5. The number of nitrogens with one attached hydrogen (secondary N) is 1. The Morgan fingerprint density at radius 1 is 1.25 bits per heavy atom. The van der Waals surface area contributed by atoms with Gasteiger partial charge in [0.2, 0.25) is 0 Å². The molecule has 0 aliphatic carbocycles. The van der Waals surface area contributed by atoms with Crippen LogP contribution in [0.1, 0.15) is 21.6 Å². The van der Waals surface area contributed by atoms with Gasteiger partial charge in [0.1, 0.15) is 6.33 Å². The monoisotopic (exact) mass is 265 g/mol. The van der Waals surface area contributed by atoms with Gasteiger partial charge in [-0.3, -0.25) is 4.79 Å². The number of imidazole rings is 1. The number of benzene rings is 1. The summed E-state index contributed by atoms with van der Waals surface area (Å²) in [6.45, 7) is 1.10. The minimum Gasteiger partial charge on any atom is -0.345 e. The van der Waals surface area contributed by atoms with E-state index in [0.29, 0.717) is 18.7 Å². The zero-order valence-corrected chi connectivity index (χ0v) is 10.6. The number of nitrogens with zero attached hydrogens (tertiary/aromatic N) is 4. The van der Waals surface area contributed by atoms with Crippen molar-refractivity contribution in [3.05, 3.63) is 53.9 Å². The fraction of sp³-hybridized carbons (Fsp3) is 0.143. The molecule has 0 unspecified atom stereocenters. The standard InChI is InChI=1S/C14H11N5O/c20-14(9-1-2-11-12(3-9)18-8-17-11)19-5-10-4-15-7-16-13(10)6-19/h1-4,7-8H,5-6H2,(H,17,18). The Morgan fingerprint density at radius 2 is 2.20 bits per heavy atom. The van der Waals surface area contributed by atoms with Gasteiger partial charge >= 0.3 is 0 Å². The summed E-state index contributed by atoms with van der Waals surface area (Å²) in [5, 5.41) is 0. The molecule has 0 saturated heterocycles. The van der Waals surface area contributed by atoms with Gasteiger partial charge in [0.05, 0.1) is 29.6 Å². The van der Waals surface area contributed by atoms with Gasteiger partial charge in [-0.1, -0.05) is 0 Å². The smallest absolute Gasteiger partial charge is 0.254 e. The molecule has 98 valence electrons. The Hall–Kier alpha value is -2.76. The summed E-state index contributed by atoms with van der Waals surface area (Å²) < 4.78 is 0. The molecule has 0 atom stereocenters. The number of aromatic amines is 1. The van der Waals surface area contributed by atoms with Gasteiger partial charge < -0.3 is 9.88 Å². The predicted octanol–water partition coefficient (Wildman–Crippen LogP) is 1.51. The maximum atomic E-state index is 12.5. The summed E-state index contributed by atoms with van der Waals surface area (Å²) in [7, 11) is 0. The van der Waals surface area contributed by atoms with E-state index in [-0.39, 0.29) is 5.91 Å². The molecular formula is C14H11N5O. The molecule has 1 aliphatic rings. The molecule has 0 spiro atoms. The third kappa shape index (κ3) is 1.65. The second-order valence-electron chi connectivity index (χ2n) is 4.79. The predicted molar refractivity (Wildman–Crippen MR) is 71.7 cm³/mol. The minimum atomic E-state index is -0.000463. The van der Waals surface area contributed by atoms with E-state index in [4.69, 9.17) is 0 Å². The van der Waals surface area contributed by atoms with Crippen molar-refractivity contribution in [2.45, 2.75) is 13.1 Å². The highest BCUT2D eigenvalue weighted by atomic mass is 16.2. The molecule has 1 amide bonds. The fourth-order valence-electron chi connectivity index (χ4n) is 2.50. The van der Waals surface area contributed by atoms with Crippen LogP contribution in [0.25, 0.3) is 11.0 Å². The average Bonchev–Trinajstić information content (AvgIpc) is 3.11. The highest BCUT2D eigenvalue weighted by molar-refractivity contribution is 5.97. The molecule has 1 aromatic carbocycles. The van der Waals surface area contributed by atoms with Crippen LogP contribution in [0.15, 0.2) is 37.1 Å². The molecule has 0 fully saturated rings. The van der Waals surface area contributed by atoms with Crippen LogP contribution < -0.4 is 0 Å². The largest absolute Gasteiger partial charge is 0.345 e. The number of carbonyl (C=O) groups excluding carboxylic acids is 1. The number of fused-ring (bicyclic) bond motifs is 2. The van der Waals surface area contributed by atoms with Crippen molar-refractivity contribution in [3.8, 4) is 0 Å². The molecule has 6 heteroatoms. The molecule has 6 nitrogen and oxygen atoms in total. The number of amides is 1. The lowest BCUT2D eigenvalue weighted by molar-refractivity contribution is 0.0750. The van der Waals surface area contributed by atoms with Gasteiger partial charge in [0, 0.05) is 23.9 Å². The van der Waals surface area contributed by atoms with E-state index in [1.54, 1.807) is 23.5 Å². The summed E-state index contributed by atoms with van der Waals surface area (Å²) in [5.74, 6) is -0.000463. The molecule has 4 rings (SSSR count). The van der Waals surface area contributed by atoms with Crippen LogP contribution in [-0.4, -0.2) is 30.7 Å². The first-order chi connectivity index (χ1) is 9.81. The average molecular weight is 265 g/mol. The second-order valence-corrected chi connectivity index (χ2v) is 4.79. The number of aromatic nitrogens is 4. The molecule has 3 heterocycles. The summed E-state index contributed by atoms with van der Waals surface area (Å²) in [6, 6.07) is 5.49. The lowest BCUT2D eigenvalue weighted by Gasteiger charge is -2.14. The lowest BCUT2D eigenvalue weighted by atomic mass is 10.2. The van der Waals surface area contributed by atoms with E-state index < -0.39 is 0 Å². The van der Waals surface area contributed by atoms with Crippen LogP contribution in [0.5, 0.6) is 0 Å². The number of H-pyrrole nitrogens is 1. The molecule has 2 aromatic heterocycles. The normalized spacial score (nSPS) is 13.7. The van der Waals surface area contributed by atoms with Gasteiger partial charge in [0.15, 0.2) is 0 Å². The highest BCUT2D eigenvalue weighted by Gasteiger charge is 2.25. The van der Waals surface area contributed by atoms with E-state index in [2.05, 4.69) is 19.9 Å². The summed E-state index contributed by atoms with van der Waals surface area (Å²) in [6.07, 6.45) is 4.91. The van der Waals surface area contributed by atoms with Crippen molar-refractivity contribution in [2.75, 3.05) is 0 Å². The van der Waals surface area contributed by atoms with E-state index in [0.717, 1.165) is 22.3 Å². The third-order valence-electron chi connectivity index (χ3n) is 3.54. The first-order valence-corrected chi connectivity index (χ1v) is 6.31. The van der Waals surface area contributed by atoms with E-state index in [9.17, 15) is 4.79 Å². The zero-order valence-electron chi connectivity index (χ0n) is 10.6. The fourth-order valence-corrected chi connectivity index (χ4v) is 2.50. The maximum Gasteiger partial charge on any atom is 0.254 e. The Bertz CT molecular complexity index is 785. The molecule has 0 saturated carbocycles. The van der Waals surface area contributed by atoms with Crippen molar-refractivity contribution in [3.63, 3.8) is 0 Å². The summed E-state index contributed by atoms with van der Waals surface area (Å²) in [5.41, 5.74) is 4.33. The number of carbonyl (C=O) groups is 1. The van der Waals surface area contributed by atoms with Crippen LogP contribution >= 0.6 is 0 Å². The Morgan fingerprint density at radius 3 is 3.10 bits per heavy atom. The van der Waals surface area contributed by atoms with Crippen LogP contribution in [0.4, 0.5) is 0 Å². The lowest BCUT2D eigenvalue weighted by Crippen LogP contribution is -2.25. The molecule has 3 aromatic rings. The van der Waals surface area contributed by atoms with E-state index in [1.165, 1.54) is 6.33 Å².